The molecule has 92 valence electrons. The predicted octanol–water partition coefficient (Wildman–Crippen LogP) is 3.94. The molecule has 1 heterocycles. The largest absolute Gasteiger partial charge is 0.293 e. The fourth-order valence-electron chi connectivity index (χ4n) is 3.70. The maximum absolute atomic E-state index is 2.77. The Morgan fingerprint density at radius 3 is 2.65 bits per heavy atom. The van der Waals surface area contributed by atoms with Crippen LogP contribution in [0.25, 0.3) is 0 Å². The van der Waals surface area contributed by atoms with E-state index in [-0.39, 0.29) is 0 Å². The standard InChI is InChI=1S/C16H23N/c1-13-16-10-6-5-7-14(16)11-12-17(13)15-8-3-2-4-9-15/h5-7,10,13,15H,2-4,8-9,11-12H2,1H3. The third-order valence-electron chi connectivity index (χ3n) is 4.69. The average Bonchev–Trinajstić information content (AvgIpc) is 2.40. The Hall–Kier alpha value is -0.820. The van der Waals surface area contributed by atoms with Gasteiger partial charge in [-0.05, 0) is 37.3 Å². The monoisotopic (exact) mass is 229 g/mol. The molecule has 1 aliphatic heterocycles. The van der Waals surface area contributed by atoms with Crippen LogP contribution in [0, 0.1) is 0 Å². The maximum Gasteiger partial charge on any atom is 0.0325 e. The summed E-state index contributed by atoms with van der Waals surface area (Å²) in [6.45, 7) is 3.66. The highest BCUT2D eigenvalue weighted by Crippen LogP contribution is 2.34. The number of hydrogen-bond acceptors (Lipinski definition) is 1. The molecule has 1 aliphatic carbocycles. The SMILES string of the molecule is CC1c2ccccc2CCN1C1CCCCC1. The van der Waals surface area contributed by atoms with E-state index in [4.69, 9.17) is 0 Å². The molecule has 1 fully saturated rings. The van der Waals surface area contributed by atoms with Crippen molar-refractivity contribution in [3.8, 4) is 0 Å². The summed E-state index contributed by atoms with van der Waals surface area (Å²) in [5, 5.41) is 0. The van der Waals surface area contributed by atoms with Crippen LogP contribution in [0.1, 0.15) is 56.2 Å². The quantitative estimate of drug-likeness (QED) is 0.705. The summed E-state index contributed by atoms with van der Waals surface area (Å²) in [4.78, 5) is 2.77. The lowest BCUT2D eigenvalue weighted by Crippen LogP contribution is -2.42. The van der Waals surface area contributed by atoms with Gasteiger partial charge >= 0.3 is 0 Å². The third-order valence-corrected chi connectivity index (χ3v) is 4.69. The van der Waals surface area contributed by atoms with Crippen molar-refractivity contribution in [1.82, 2.24) is 4.90 Å². The van der Waals surface area contributed by atoms with Gasteiger partial charge in [0, 0.05) is 18.6 Å². The van der Waals surface area contributed by atoms with E-state index >= 15 is 0 Å². The van der Waals surface area contributed by atoms with Crippen LogP contribution in [-0.2, 0) is 6.42 Å². The molecule has 1 nitrogen and oxygen atoms in total. The minimum absolute atomic E-state index is 0.628. The number of nitrogens with zero attached hydrogens (tertiary/aromatic N) is 1. The molecule has 0 spiro atoms. The Morgan fingerprint density at radius 2 is 1.82 bits per heavy atom. The highest BCUT2D eigenvalue weighted by molar-refractivity contribution is 5.32. The second kappa shape index (κ2) is 4.81. The minimum Gasteiger partial charge on any atom is -0.293 e. The van der Waals surface area contributed by atoms with E-state index in [0.29, 0.717) is 6.04 Å². The molecular weight excluding hydrogens is 206 g/mol. The average molecular weight is 229 g/mol. The van der Waals surface area contributed by atoms with Gasteiger partial charge in [0.15, 0.2) is 0 Å². The topological polar surface area (TPSA) is 3.24 Å². The van der Waals surface area contributed by atoms with Gasteiger partial charge in [-0.1, -0.05) is 43.5 Å². The number of hydrogen-bond donors (Lipinski definition) is 0. The molecule has 0 saturated heterocycles. The zero-order valence-electron chi connectivity index (χ0n) is 10.9. The lowest BCUT2D eigenvalue weighted by Gasteiger charge is -2.42. The van der Waals surface area contributed by atoms with Crippen molar-refractivity contribution in [2.24, 2.45) is 0 Å². The Bertz CT molecular complexity index is 379. The zero-order valence-corrected chi connectivity index (χ0v) is 10.9. The summed E-state index contributed by atoms with van der Waals surface area (Å²) in [7, 11) is 0. The molecule has 1 unspecified atom stereocenters. The van der Waals surface area contributed by atoms with E-state index < -0.39 is 0 Å². The molecule has 1 aromatic carbocycles. The molecule has 3 rings (SSSR count). The van der Waals surface area contributed by atoms with E-state index in [2.05, 4.69) is 36.1 Å². The maximum atomic E-state index is 2.77. The van der Waals surface area contributed by atoms with Crippen molar-refractivity contribution in [2.75, 3.05) is 6.54 Å². The summed E-state index contributed by atoms with van der Waals surface area (Å²) in [5.41, 5.74) is 3.15. The molecule has 1 saturated carbocycles. The zero-order chi connectivity index (χ0) is 11.7. The van der Waals surface area contributed by atoms with Crippen LogP contribution in [0.15, 0.2) is 24.3 Å². The van der Waals surface area contributed by atoms with Gasteiger partial charge in [0.2, 0.25) is 0 Å². The molecule has 0 aromatic heterocycles. The van der Waals surface area contributed by atoms with Crippen LogP contribution >= 0.6 is 0 Å². The molecule has 0 bridgehead atoms. The number of fused-ring (bicyclic) bond motifs is 1. The molecule has 2 aliphatic rings. The molecule has 0 radical (unpaired) electrons. The summed E-state index contributed by atoms with van der Waals surface area (Å²) in [5.74, 6) is 0. The lowest BCUT2D eigenvalue weighted by molar-refractivity contribution is 0.104. The fraction of sp³-hybridized carbons (Fsp3) is 0.625. The smallest absolute Gasteiger partial charge is 0.0325 e. The van der Waals surface area contributed by atoms with Crippen LogP contribution in [0.5, 0.6) is 0 Å². The molecule has 0 amide bonds. The number of benzene rings is 1. The van der Waals surface area contributed by atoms with E-state index in [9.17, 15) is 0 Å². The van der Waals surface area contributed by atoms with Gasteiger partial charge in [0.1, 0.15) is 0 Å². The van der Waals surface area contributed by atoms with Crippen molar-refractivity contribution >= 4 is 0 Å². The van der Waals surface area contributed by atoms with Gasteiger partial charge in [-0.15, -0.1) is 0 Å². The molecule has 1 atom stereocenters. The number of rotatable bonds is 1. The highest BCUT2D eigenvalue weighted by Gasteiger charge is 2.29. The Kier molecular flexibility index (Phi) is 3.19. The molecule has 1 aromatic rings. The van der Waals surface area contributed by atoms with Gasteiger partial charge in [-0.3, -0.25) is 4.90 Å². The van der Waals surface area contributed by atoms with Gasteiger partial charge in [0.05, 0.1) is 0 Å². The molecular formula is C16H23N. The summed E-state index contributed by atoms with van der Waals surface area (Å²) in [6.07, 6.45) is 8.43. The summed E-state index contributed by atoms with van der Waals surface area (Å²) < 4.78 is 0. The van der Waals surface area contributed by atoms with Crippen LogP contribution in [0.3, 0.4) is 0 Å². The van der Waals surface area contributed by atoms with Gasteiger partial charge in [0.25, 0.3) is 0 Å². The first-order valence-corrected chi connectivity index (χ1v) is 7.20. The van der Waals surface area contributed by atoms with Crippen molar-refractivity contribution in [3.05, 3.63) is 35.4 Å². The van der Waals surface area contributed by atoms with Crippen molar-refractivity contribution < 1.29 is 0 Å². The second-order valence-electron chi connectivity index (χ2n) is 5.65. The van der Waals surface area contributed by atoms with Gasteiger partial charge in [-0.2, -0.15) is 0 Å². The van der Waals surface area contributed by atoms with Crippen LogP contribution < -0.4 is 0 Å². The van der Waals surface area contributed by atoms with E-state index in [1.54, 1.807) is 11.1 Å². The first-order chi connectivity index (χ1) is 8.36. The Balaban J connectivity index is 1.81. The van der Waals surface area contributed by atoms with Crippen LogP contribution in [0.4, 0.5) is 0 Å². The van der Waals surface area contributed by atoms with E-state index in [1.807, 2.05) is 0 Å². The third kappa shape index (κ3) is 2.13. The van der Waals surface area contributed by atoms with Crippen molar-refractivity contribution in [1.29, 1.82) is 0 Å². The van der Waals surface area contributed by atoms with E-state index in [1.165, 1.54) is 45.1 Å². The summed E-state index contributed by atoms with van der Waals surface area (Å²) >= 11 is 0. The van der Waals surface area contributed by atoms with Gasteiger partial charge < -0.3 is 0 Å². The second-order valence-corrected chi connectivity index (χ2v) is 5.65. The van der Waals surface area contributed by atoms with Crippen LogP contribution in [0.2, 0.25) is 0 Å². The van der Waals surface area contributed by atoms with Crippen molar-refractivity contribution in [2.45, 2.75) is 57.5 Å². The predicted molar refractivity (Wildman–Crippen MR) is 72.1 cm³/mol. The summed E-state index contributed by atoms with van der Waals surface area (Å²) in [6, 6.07) is 10.5. The first-order valence-electron chi connectivity index (χ1n) is 7.20. The fourth-order valence-corrected chi connectivity index (χ4v) is 3.70. The first kappa shape index (κ1) is 11.3. The molecule has 1 heteroatoms. The van der Waals surface area contributed by atoms with Crippen LogP contribution in [-0.4, -0.2) is 17.5 Å². The Labute approximate surface area is 105 Å². The van der Waals surface area contributed by atoms with E-state index in [0.717, 1.165) is 6.04 Å². The lowest BCUT2D eigenvalue weighted by atomic mass is 9.88. The Morgan fingerprint density at radius 1 is 1.06 bits per heavy atom. The minimum atomic E-state index is 0.628. The molecule has 17 heavy (non-hydrogen) atoms. The highest BCUT2D eigenvalue weighted by atomic mass is 15.2. The normalized spacial score (nSPS) is 26.8. The van der Waals surface area contributed by atoms with Gasteiger partial charge in [-0.25, -0.2) is 0 Å². The van der Waals surface area contributed by atoms with Crippen molar-refractivity contribution in [3.63, 3.8) is 0 Å². The molecule has 0 N–H and O–H groups in total.